The number of amides is 1. The summed E-state index contributed by atoms with van der Waals surface area (Å²) in [6, 6.07) is 17.4. The number of aliphatic hydroxyl groups excluding tert-OH is 2. The second-order valence-electron chi connectivity index (χ2n) is 11.3. The minimum Gasteiger partial charge on any atom is -0.394 e. The van der Waals surface area contributed by atoms with Gasteiger partial charge >= 0.3 is 0 Å². The van der Waals surface area contributed by atoms with Gasteiger partial charge in [-0.3, -0.25) is 9.63 Å². The Morgan fingerprint density at radius 2 is 1.95 bits per heavy atom. The minimum absolute atomic E-state index is 0.148. The molecule has 1 heterocycles. The Morgan fingerprint density at radius 3 is 2.63 bits per heavy atom. The predicted molar refractivity (Wildman–Crippen MR) is 170 cm³/mol. The molecule has 222 valence electrons. The molecule has 4 atom stereocenters. The molecule has 1 saturated heterocycles. The van der Waals surface area contributed by atoms with Crippen LogP contribution in [0.15, 0.2) is 54.6 Å². The molecular formula is C32H43IN4O4. The van der Waals surface area contributed by atoms with Crippen molar-refractivity contribution < 1.29 is 19.8 Å². The maximum Gasteiger partial charge on any atom is 0.240 e. The van der Waals surface area contributed by atoms with Crippen molar-refractivity contribution in [1.29, 1.82) is 0 Å². The molecule has 0 unspecified atom stereocenters. The number of halogens is 1. The van der Waals surface area contributed by atoms with Gasteiger partial charge in [0.1, 0.15) is 12.1 Å². The van der Waals surface area contributed by atoms with Crippen LogP contribution in [0.4, 0.5) is 5.69 Å². The number of carbonyl (C=O) groups is 1. The van der Waals surface area contributed by atoms with Gasteiger partial charge < -0.3 is 20.4 Å². The number of benzene rings is 2. The van der Waals surface area contributed by atoms with Gasteiger partial charge in [-0.15, -0.1) is 0 Å². The number of para-hydroxylation sites is 1. The monoisotopic (exact) mass is 674 g/mol. The Bertz CT molecular complexity index is 1180. The molecule has 1 aliphatic heterocycles. The van der Waals surface area contributed by atoms with Crippen molar-refractivity contribution in [3.63, 3.8) is 0 Å². The number of nitrogens with zero attached hydrogens (tertiary/aromatic N) is 2. The summed E-state index contributed by atoms with van der Waals surface area (Å²) in [5, 5.41) is 25.3. The van der Waals surface area contributed by atoms with Crippen molar-refractivity contribution in [1.82, 2.24) is 13.9 Å². The summed E-state index contributed by atoms with van der Waals surface area (Å²) in [7, 11) is 2.03. The van der Waals surface area contributed by atoms with E-state index in [2.05, 4.69) is 60.6 Å². The molecule has 0 aromatic heterocycles. The van der Waals surface area contributed by atoms with Crippen LogP contribution in [0.1, 0.15) is 56.6 Å². The maximum atomic E-state index is 13.5. The van der Waals surface area contributed by atoms with Gasteiger partial charge in [-0.2, -0.15) is 5.06 Å². The standard InChI is InChI=1S/C32H43IN4O4/c1-24(39)29-28(23-38)41-37(30(29)31(40)34-19-10-20-36(2)27-13-5-3-6-14-27)22-26-12-9-11-25(21-26)15-18-32(35-33)16-7-4-8-17-32/h3,5-6,9,11-14,21,24,28-30,35,38-39H,4,7-8,10,16-17,19-20,22-23H2,1-2H3,(H,34,40)/t24-,28-,29+,30-/m0/s1. The van der Waals surface area contributed by atoms with Crippen LogP contribution >= 0.6 is 22.9 Å². The first-order valence-electron chi connectivity index (χ1n) is 14.6. The third kappa shape index (κ3) is 8.43. The fraction of sp³-hybridized carbons (Fsp3) is 0.531. The highest BCUT2D eigenvalue weighted by Crippen LogP contribution is 2.32. The molecule has 1 amide bonds. The number of aliphatic hydroxyl groups is 2. The lowest BCUT2D eigenvalue weighted by Gasteiger charge is -2.31. The molecule has 4 N–H and O–H groups in total. The van der Waals surface area contributed by atoms with Crippen LogP contribution in [0.3, 0.4) is 0 Å². The zero-order valence-electron chi connectivity index (χ0n) is 24.1. The number of hydroxylamine groups is 2. The molecule has 0 radical (unpaired) electrons. The third-order valence-corrected chi connectivity index (χ3v) is 9.18. The highest BCUT2D eigenvalue weighted by atomic mass is 127. The Balaban J connectivity index is 1.42. The molecule has 2 fully saturated rings. The van der Waals surface area contributed by atoms with Crippen LogP contribution < -0.4 is 13.7 Å². The zero-order chi connectivity index (χ0) is 29.2. The summed E-state index contributed by atoms with van der Waals surface area (Å²) in [5.41, 5.74) is 2.83. The third-order valence-electron chi connectivity index (χ3n) is 8.15. The Labute approximate surface area is 258 Å². The summed E-state index contributed by atoms with van der Waals surface area (Å²) in [6.45, 7) is 2.98. The van der Waals surface area contributed by atoms with E-state index >= 15 is 0 Å². The van der Waals surface area contributed by atoms with Gasteiger partial charge in [-0.1, -0.05) is 61.4 Å². The van der Waals surface area contributed by atoms with Gasteiger partial charge in [0.15, 0.2) is 0 Å². The molecule has 1 saturated carbocycles. The van der Waals surface area contributed by atoms with Crippen LogP contribution in [0.5, 0.6) is 0 Å². The van der Waals surface area contributed by atoms with E-state index in [1.807, 2.05) is 49.5 Å². The summed E-state index contributed by atoms with van der Waals surface area (Å²) in [5.74, 6) is 6.08. The molecule has 0 spiro atoms. The number of nitrogens with one attached hydrogen (secondary N) is 2. The molecular weight excluding hydrogens is 631 g/mol. The first kappa shape index (κ1) is 31.7. The average molecular weight is 675 g/mol. The quantitative estimate of drug-likeness (QED) is 0.125. The first-order valence-corrected chi connectivity index (χ1v) is 15.7. The Morgan fingerprint density at radius 1 is 1.20 bits per heavy atom. The van der Waals surface area contributed by atoms with Gasteiger partial charge in [0.05, 0.1) is 24.8 Å². The first-order chi connectivity index (χ1) is 19.9. The lowest BCUT2D eigenvalue weighted by Crippen LogP contribution is -2.49. The molecule has 0 bridgehead atoms. The van der Waals surface area contributed by atoms with Crippen molar-refractivity contribution >= 4 is 34.5 Å². The minimum atomic E-state index is -0.832. The second kappa shape index (κ2) is 15.3. The molecule has 1 aliphatic carbocycles. The molecule has 2 aliphatic rings. The van der Waals surface area contributed by atoms with E-state index in [4.69, 9.17) is 4.84 Å². The Hall–Kier alpha value is -2.20. The summed E-state index contributed by atoms with van der Waals surface area (Å²) < 4.78 is 3.41. The average Bonchev–Trinajstić information content (AvgIpc) is 3.37. The van der Waals surface area contributed by atoms with E-state index in [0.29, 0.717) is 13.1 Å². The van der Waals surface area contributed by atoms with Crippen LogP contribution in [-0.4, -0.2) is 71.7 Å². The number of anilines is 1. The SMILES string of the molecule is C[C@H](O)[C@@H]1[C@H](CO)ON(Cc2cccc(C#CC3(NI)CCCCC3)c2)[C@@H]1C(=O)NCCCN(C)c1ccccc1. The van der Waals surface area contributed by atoms with Gasteiger partial charge in [-0.05, 0) is 56.0 Å². The van der Waals surface area contributed by atoms with Crippen molar-refractivity contribution in [3.8, 4) is 11.8 Å². The van der Waals surface area contributed by atoms with Crippen LogP contribution in [-0.2, 0) is 16.2 Å². The normalized spacial score (nSPS) is 22.9. The van der Waals surface area contributed by atoms with Crippen LogP contribution in [0, 0.1) is 17.8 Å². The highest BCUT2D eigenvalue weighted by molar-refractivity contribution is 14.1. The van der Waals surface area contributed by atoms with Gasteiger partial charge in [0.25, 0.3) is 0 Å². The highest BCUT2D eigenvalue weighted by Gasteiger charge is 2.49. The molecule has 8 nitrogen and oxygen atoms in total. The van der Waals surface area contributed by atoms with E-state index in [0.717, 1.165) is 42.6 Å². The summed E-state index contributed by atoms with van der Waals surface area (Å²) in [4.78, 5) is 21.7. The van der Waals surface area contributed by atoms with E-state index in [1.165, 1.54) is 19.3 Å². The number of rotatable bonds is 11. The molecule has 4 rings (SSSR count). The molecule has 9 heteroatoms. The largest absolute Gasteiger partial charge is 0.394 e. The van der Waals surface area contributed by atoms with Crippen molar-refractivity contribution in [2.75, 3.05) is 31.6 Å². The van der Waals surface area contributed by atoms with E-state index in [9.17, 15) is 15.0 Å². The van der Waals surface area contributed by atoms with Crippen molar-refractivity contribution in [3.05, 3.63) is 65.7 Å². The maximum absolute atomic E-state index is 13.5. The lowest BCUT2D eigenvalue weighted by molar-refractivity contribution is -0.181. The summed E-state index contributed by atoms with van der Waals surface area (Å²) >= 11 is 2.22. The smallest absolute Gasteiger partial charge is 0.240 e. The van der Waals surface area contributed by atoms with Gasteiger partial charge in [0.2, 0.25) is 5.91 Å². The van der Waals surface area contributed by atoms with Gasteiger partial charge in [0, 0.05) is 60.2 Å². The fourth-order valence-corrected chi connectivity index (χ4v) is 6.51. The van der Waals surface area contributed by atoms with E-state index in [-0.39, 0.29) is 18.1 Å². The van der Waals surface area contributed by atoms with Gasteiger partial charge in [-0.25, -0.2) is 3.53 Å². The molecule has 41 heavy (non-hydrogen) atoms. The zero-order valence-corrected chi connectivity index (χ0v) is 26.2. The fourth-order valence-electron chi connectivity index (χ4n) is 5.84. The predicted octanol–water partition coefficient (Wildman–Crippen LogP) is 3.80. The number of carbonyl (C=O) groups excluding carboxylic acids is 1. The topological polar surface area (TPSA) is 97.3 Å². The van der Waals surface area contributed by atoms with E-state index in [1.54, 1.807) is 12.0 Å². The number of hydrogen-bond acceptors (Lipinski definition) is 7. The van der Waals surface area contributed by atoms with Crippen molar-refractivity contribution in [2.45, 2.75) is 75.8 Å². The van der Waals surface area contributed by atoms with Crippen molar-refractivity contribution in [2.24, 2.45) is 5.92 Å². The molecule has 2 aromatic rings. The molecule has 2 aromatic carbocycles. The number of hydrogen-bond donors (Lipinski definition) is 4. The van der Waals surface area contributed by atoms with Crippen LogP contribution in [0.2, 0.25) is 0 Å². The lowest BCUT2D eigenvalue weighted by atomic mass is 9.83. The summed E-state index contributed by atoms with van der Waals surface area (Å²) in [6.07, 6.45) is 4.98. The second-order valence-corrected chi connectivity index (χ2v) is 11.8. The van der Waals surface area contributed by atoms with Crippen LogP contribution in [0.25, 0.3) is 0 Å². The van der Waals surface area contributed by atoms with E-state index < -0.39 is 24.2 Å². The Kier molecular flexibility index (Phi) is 11.9.